The first-order valence-electron chi connectivity index (χ1n) is 14.8. The van der Waals surface area contributed by atoms with Gasteiger partial charge in [-0.15, -0.1) is 0 Å². The fourth-order valence-electron chi connectivity index (χ4n) is 6.88. The Kier molecular flexibility index (Phi) is 7.71. The third-order valence-electron chi connectivity index (χ3n) is 9.16. The fraction of sp³-hybridized carbons (Fsp3) is 0.548. The number of hydrogen-bond donors (Lipinski definition) is 0. The van der Waals surface area contributed by atoms with Crippen molar-refractivity contribution in [2.45, 2.75) is 50.2 Å². The molecule has 1 aromatic heterocycles. The smallest absolute Gasteiger partial charge is 0.246 e. The van der Waals surface area contributed by atoms with Gasteiger partial charge in [-0.05, 0) is 51.6 Å². The van der Waals surface area contributed by atoms with Gasteiger partial charge in [0.1, 0.15) is 18.2 Å². The summed E-state index contributed by atoms with van der Waals surface area (Å²) < 4.78 is 5.95. The van der Waals surface area contributed by atoms with E-state index in [1.807, 2.05) is 6.07 Å². The molecule has 3 atom stereocenters. The number of carbonyl (C=O) groups is 1. The summed E-state index contributed by atoms with van der Waals surface area (Å²) in [5, 5.41) is 9.54. The van der Waals surface area contributed by atoms with Gasteiger partial charge in [0, 0.05) is 56.8 Å². The summed E-state index contributed by atoms with van der Waals surface area (Å²) in [6, 6.07) is 11.2. The van der Waals surface area contributed by atoms with E-state index in [1.165, 1.54) is 11.6 Å². The molecule has 216 valence electrons. The molecule has 4 heterocycles. The maximum atomic E-state index is 12.5. The van der Waals surface area contributed by atoms with Crippen molar-refractivity contribution in [1.29, 1.82) is 5.26 Å². The van der Waals surface area contributed by atoms with E-state index in [0.29, 0.717) is 38.3 Å². The van der Waals surface area contributed by atoms with Crippen LogP contribution >= 0.6 is 0 Å². The summed E-state index contributed by atoms with van der Waals surface area (Å²) in [4.78, 5) is 34.2. The molecular weight excluding hydrogens is 516 g/mol. The normalized spacial score (nSPS) is 24.0. The Bertz CT molecular complexity index is 1340. The third-order valence-corrected chi connectivity index (χ3v) is 9.16. The van der Waals surface area contributed by atoms with Crippen LogP contribution in [0.2, 0.25) is 0 Å². The van der Waals surface area contributed by atoms with Crippen molar-refractivity contribution in [3.63, 3.8) is 0 Å². The zero-order chi connectivity index (χ0) is 28.5. The molecule has 0 unspecified atom stereocenters. The van der Waals surface area contributed by atoms with Crippen molar-refractivity contribution in [2.75, 3.05) is 74.7 Å². The number of piperazine rings is 1. The highest BCUT2D eigenvalue weighted by Gasteiger charge is 2.36. The molecule has 10 nitrogen and oxygen atoms in total. The highest BCUT2D eigenvalue weighted by molar-refractivity contribution is 5.87. The lowest BCUT2D eigenvalue weighted by molar-refractivity contribution is -0.128. The summed E-state index contributed by atoms with van der Waals surface area (Å²) in [6.07, 6.45) is 5.48. The minimum Gasteiger partial charge on any atom is -0.490 e. The van der Waals surface area contributed by atoms with E-state index in [2.05, 4.69) is 64.5 Å². The predicted octanol–water partition coefficient (Wildman–Crippen LogP) is 2.49. The van der Waals surface area contributed by atoms with Crippen molar-refractivity contribution in [2.24, 2.45) is 0 Å². The lowest BCUT2D eigenvalue weighted by Crippen LogP contribution is -2.55. The van der Waals surface area contributed by atoms with Gasteiger partial charge in [0.2, 0.25) is 11.9 Å². The molecule has 1 amide bonds. The van der Waals surface area contributed by atoms with Gasteiger partial charge in [-0.1, -0.05) is 18.7 Å². The average Bonchev–Trinajstić information content (AvgIpc) is 3.51. The largest absolute Gasteiger partial charge is 0.490 e. The summed E-state index contributed by atoms with van der Waals surface area (Å²) in [6.45, 7) is 8.86. The Balaban J connectivity index is 1.33. The van der Waals surface area contributed by atoms with Gasteiger partial charge in [-0.2, -0.15) is 10.2 Å². The van der Waals surface area contributed by atoms with Crippen LogP contribution in [0.25, 0.3) is 0 Å². The maximum absolute atomic E-state index is 12.5. The molecule has 0 bridgehead atoms. The van der Waals surface area contributed by atoms with Crippen LogP contribution in [-0.4, -0.2) is 104 Å². The minimum atomic E-state index is -0.195. The highest BCUT2D eigenvalue weighted by atomic mass is 16.5. The molecule has 0 spiro atoms. The van der Waals surface area contributed by atoms with Gasteiger partial charge >= 0.3 is 0 Å². The Morgan fingerprint density at radius 2 is 2.00 bits per heavy atom. The SMILES string of the molecule is C=CC(=O)N1CCN(c2nc(N3CC[C@H](N(C)C)C3)nc3c2CC[C@@H](N2CCOc4ccccc42)C3)C[C@@H]1CC#N. The second kappa shape index (κ2) is 11.6. The van der Waals surface area contributed by atoms with E-state index in [-0.39, 0.29) is 18.4 Å². The molecule has 2 aromatic rings. The van der Waals surface area contributed by atoms with Gasteiger partial charge in [0.05, 0.1) is 36.5 Å². The predicted molar refractivity (Wildman–Crippen MR) is 160 cm³/mol. The molecular formula is C31H40N8O2. The first kappa shape index (κ1) is 27.3. The Morgan fingerprint density at radius 3 is 2.78 bits per heavy atom. The number of anilines is 3. The molecule has 0 radical (unpaired) electrons. The van der Waals surface area contributed by atoms with E-state index >= 15 is 0 Å². The van der Waals surface area contributed by atoms with Crippen molar-refractivity contribution < 1.29 is 9.53 Å². The molecule has 41 heavy (non-hydrogen) atoms. The molecule has 10 heteroatoms. The van der Waals surface area contributed by atoms with Gasteiger partial charge in [-0.25, -0.2) is 4.98 Å². The minimum absolute atomic E-state index is 0.115. The van der Waals surface area contributed by atoms with E-state index in [1.54, 1.807) is 4.90 Å². The summed E-state index contributed by atoms with van der Waals surface area (Å²) in [7, 11) is 4.27. The third kappa shape index (κ3) is 5.31. The van der Waals surface area contributed by atoms with Crippen LogP contribution < -0.4 is 19.4 Å². The molecule has 2 fully saturated rings. The van der Waals surface area contributed by atoms with E-state index < -0.39 is 0 Å². The van der Waals surface area contributed by atoms with Crippen LogP contribution in [-0.2, 0) is 17.6 Å². The zero-order valence-electron chi connectivity index (χ0n) is 24.2. The van der Waals surface area contributed by atoms with Gasteiger partial charge in [0.25, 0.3) is 0 Å². The number of aromatic nitrogens is 2. The monoisotopic (exact) mass is 556 g/mol. The maximum Gasteiger partial charge on any atom is 0.246 e. The summed E-state index contributed by atoms with van der Waals surface area (Å²) in [5.41, 5.74) is 3.51. The molecule has 3 aliphatic heterocycles. The second-order valence-electron chi connectivity index (χ2n) is 11.7. The van der Waals surface area contributed by atoms with Crippen LogP contribution in [0, 0.1) is 11.3 Å². The standard InChI is InChI=1S/C31H40N8O2/c1-4-29(40)39-16-15-36(21-24(39)11-13-32)30-25-10-9-22(38-17-18-41-28-8-6-5-7-27(28)38)19-26(25)33-31(34-30)37-14-12-23(20-37)35(2)3/h4-8,22-24H,1,9-12,14-21H2,2-3H3/t22-,23+,24+/m1/s1. The molecule has 0 N–H and O–H groups in total. The number of nitriles is 1. The number of carbonyl (C=O) groups excluding carboxylic acids is 1. The van der Waals surface area contributed by atoms with E-state index in [0.717, 1.165) is 74.2 Å². The fourth-order valence-corrected chi connectivity index (χ4v) is 6.88. The molecule has 0 saturated carbocycles. The topological polar surface area (TPSA) is 92.1 Å². The first-order chi connectivity index (χ1) is 20.0. The Labute approximate surface area is 242 Å². The lowest BCUT2D eigenvalue weighted by atomic mass is 9.90. The Hall–Kier alpha value is -3.84. The number of para-hydroxylation sites is 2. The number of likely N-dealkylation sites (N-methyl/N-ethyl adjacent to an activating group) is 1. The van der Waals surface area contributed by atoms with Crippen molar-refractivity contribution in [3.05, 3.63) is 48.2 Å². The van der Waals surface area contributed by atoms with E-state index in [9.17, 15) is 10.1 Å². The van der Waals surface area contributed by atoms with Crippen LogP contribution in [0.15, 0.2) is 36.9 Å². The molecule has 1 aliphatic carbocycles. The van der Waals surface area contributed by atoms with Gasteiger partial charge in [-0.3, -0.25) is 4.79 Å². The average molecular weight is 557 g/mol. The van der Waals surface area contributed by atoms with Crippen LogP contribution in [0.5, 0.6) is 5.75 Å². The molecule has 2 saturated heterocycles. The van der Waals surface area contributed by atoms with E-state index in [4.69, 9.17) is 14.7 Å². The molecule has 1 aromatic carbocycles. The first-order valence-corrected chi connectivity index (χ1v) is 14.8. The quantitative estimate of drug-likeness (QED) is 0.498. The van der Waals surface area contributed by atoms with Crippen LogP contribution in [0.3, 0.4) is 0 Å². The second-order valence-corrected chi connectivity index (χ2v) is 11.7. The molecule has 6 rings (SSSR count). The number of rotatable bonds is 6. The van der Waals surface area contributed by atoms with Gasteiger partial charge < -0.3 is 29.2 Å². The number of ether oxygens (including phenoxy) is 1. The summed E-state index contributed by atoms with van der Waals surface area (Å²) in [5.74, 6) is 2.62. The highest BCUT2D eigenvalue weighted by Crippen LogP contribution is 2.38. The molecule has 4 aliphatic rings. The lowest BCUT2D eigenvalue weighted by Gasteiger charge is -2.43. The van der Waals surface area contributed by atoms with Crippen LogP contribution in [0.1, 0.15) is 30.5 Å². The van der Waals surface area contributed by atoms with Crippen LogP contribution in [0.4, 0.5) is 17.5 Å². The number of benzene rings is 1. The van der Waals surface area contributed by atoms with Crippen molar-refractivity contribution >= 4 is 23.4 Å². The number of fused-ring (bicyclic) bond motifs is 2. The van der Waals surface area contributed by atoms with Gasteiger partial charge in [0.15, 0.2) is 0 Å². The Morgan fingerprint density at radius 1 is 1.15 bits per heavy atom. The zero-order valence-corrected chi connectivity index (χ0v) is 24.2. The number of nitrogens with zero attached hydrogens (tertiary/aromatic N) is 8. The summed E-state index contributed by atoms with van der Waals surface area (Å²) >= 11 is 0. The number of hydrogen-bond acceptors (Lipinski definition) is 9. The van der Waals surface area contributed by atoms with Crippen molar-refractivity contribution in [1.82, 2.24) is 19.8 Å². The number of amides is 1. The van der Waals surface area contributed by atoms with Crippen molar-refractivity contribution in [3.8, 4) is 11.8 Å².